The molecule has 2 aliphatic rings. The monoisotopic (exact) mass is 564 g/mol. The normalized spacial score (nSPS) is 20.4. The van der Waals surface area contributed by atoms with Gasteiger partial charge in [0.2, 0.25) is 5.82 Å². The van der Waals surface area contributed by atoms with Crippen LogP contribution >= 0.6 is 0 Å². The molecule has 1 aromatic carbocycles. The number of fused-ring (bicyclic) bond motifs is 1. The number of alkyl halides is 5. The summed E-state index contributed by atoms with van der Waals surface area (Å²) in [5.41, 5.74) is 1.26. The summed E-state index contributed by atoms with van der Waals surface area (Å²) >= 11 is 0. The molecule has 2 N–H and O–H groups in total. The molecule has 0 aliphatic carbocycles. The van der Waals surface area contributed by atoms with Crippen molar-refractivity contribution in [3.05, 3.63) is 59.7 Å². The Morgan fingerprint density at radius 2 is 1.88 bits per heavy atom. The third-order valence-electron chi connectivity index (χ3n) is 7.25. The van der Waals surface area contributed by atoms with Gasteiger partial charge in [-0.3, -0.25) is 9.69 Å². The highest BCUT2D eigenvalue weighted by molar-refractivity contribution is 6.06. The number of halogens is 5. The Bertz CT molecular complexity index is 1320. The zero-order valence-electron chi connectivity index (χ0n) is 21.6. The van der Waals surface area contributed by atoms with Crippen LogP contribution in [-0.4, -0.2) is 70.6 Å². The van der Waals surface area contributed by atoms with Gasteiger partial charge in [-0.1, -0.05) is 6.07 Å². The van der Waals surface area contributed by atoms with Crippen molar-refractivity contribution in [3.8, 4) is 0 Å². The predicted octanol–water partition coefficient (Wildman–Crippen LogP) is 4.84. The Morgan fingerprint density at radius 1 is 1.12 bits per heavy atom. The van der Waals surface area contributed by atoms with Crippen LogP contribution < -0.4 is 10.6 Å². The van der Waals surface area contributed by atoms with E-state index in [0.717, 1.165) is 31.8 Å². The fourth-order valence-corrected chi connectivity index (χ4v) is 5.04. The van der Waals surface area contributed by atoms with E-state index in [4.69, 9.17) is 4.74 Å². The van der Waals surface area contributed by atoms with Gasteiger partial charge in [0.25, 0.3) is 11.8 Å². The Labute approximate surface area is 227 Å². The Hall–Kier alpha value is -3.45. The van der Waals surface area contributed by atoms with Gasteiger partial charge in [0.05, 0.1) is 17.7 Å². The molecule has 1 amide bonds. The Balaban J connectivity index is 1.31. The molecule has 2 aliphatic heterocycles. The van der Waals surface area contributed by atoms with E-state index in [9.17, 15) is 26.7 Å². The fraction of sp³-hybridized carbons (Fsp3) is 0.481. The zero-order valence-corrected chi connectivity index (χ0v) is 21.6. The summed E-state index contributed by atoms with van der Waals surface area (Å²) in [6, 6.07) is 8.04. The number of ether oxygens (including phenoxy) is 1. The lowest BCUT2D eigenvalue weighted by Gasteiger charge is -2.37. The quantitative estimate of drug-likeness (QED) is 0.379. The van der Waals surface area contributed by atoms with Crippen LogP contribution in [0.15, 0.2) is 42.7 Å². The molecular formula is C27H29F5N6O2. The van der Waals surface area contributed by atoms with Gasteiger partial charge in [-0.25, -0.2) is 23.7 Å². The summed E-state index contributed by atoms with van der Waals surface area (Å²) < 4.78 is 72.2. The number of anilines is 1. The number of carbonyl (C=O) groups is 1. The van der Waals surface area contributed by atoms with Crippen LogP contribution in [-0.2, 0) is 10.9 Å². The van der Waals surface area contributed by atoms with Gasteiger partial charge in [-0.15, -0.1) is 0 Å². The molecule has 4 heterocycles. The van der Waals surface area contributed by atoms with Gasteiger partial charge < -0.3 is 15.4 Å². The average molecular weight is 565 g/mol. The van der Waals surface area contributed by atoms with Gasteiger partial charge in [-0.05, 0) is 37.1 Å². The van der Waals surface area contributed by atoms with Crippen molar-refractivity contribution < 1.29 is 31.5 Å². The Morgan fingerprint density at radius 3 is 2.55 bits per heavy atom. The number of rotatable bonds is 8. The molecule has 40 heavy (non-hydrogen) atoms. The first kappa shape index (κ1) is 28.1. The van der Waals surface area contributed by atoms with E-state index in [1.807, 2.05) is 0 Å². The van der Waals surface area contributed by atoms with Crippen molar-refractivity contribution in [2.45, 2.75) is 49.9 Å². The van der Waals surface area contributed by atoms with Gasteiger partial charge in [0.15, 0.2) is 0 Å². The lowest BCUT2D eigenvalue weighted by atomic mass is 10.0. The SMILES string of the molecule is O=C(NCC(c1cnc(C(F)(F)F)nc1)N1CCC(F)(F)CC1)c1cccc2nc(NC[C@@H]3CCCO3)ccc12. The fourth-order valence-electron chi connectivity index (χ4n) is 5.04. The van der Waals surface area contributed by atoms with Crippen molar-refractivity contribution >= 4 is 22.6 Å². The van der Waals surface area contributed by atoms with Crippen LogP contribution in [0.5, 0.6) is 0 Å². The summed E-state index contributed by atoms with van der Waals surface area (Å²) in [7, 11) is 0. The van der Waals surface area contributed by atoms with E-state index in [-0.39, 0.29) is 25.7 Å². The van der Waals surface area contributed by atoms with Crippen LogP contribution in [0.25, 0.3) is 10.9 Å². The summed E-state index contributed by atoms with van der Waals surface area (Å²) in [4.78, 5) is 26.4. The number of nitrogens with zero attached hydrogens (tertiary/aromatic N) is 4. The van der Waals surface area contributed by atoms with Crippen molar-refractivity contribution in [1.82, 2.24) is 25.2 Å². The molecule has 2 saturated heterocycles. The molecule has 13 heteroatoms. The van der Waals surface area contributed by atoms with Crippen LogP contribution in [0.2, 0.25) is 0 Å². The van der Waals surface area contributed by atoms with Crippen LogP contribution in [0.4, 0.5) is 27.8 Å². The summed E-state index contributed by atoms with van der Waals surface area (Å²) in [6.07, 6.45) is -1.26. The molecular weight excluding hydrogens is 535 g/mol. The van der Waals surface area contributed by atoms with Crippen molar-refractivity contribution in [1.29, 1.82) is 0 Å². The first-order valence-corrected chi connectivity index (χ1v) is 13.1. The van der Waals surface area contributed by atoms with Crippen molar-refractivity contribution in [2.24, 2.45) is 0 Å². The number of hydrogen-bond acceptors (Lipinski definition) is 7. The second-order valence-electron chi connectivity index (χ2n) is 10.0. The maximum atomic E-state index is 13.8. The number of likely N-dealkylation sites (tertiary alicyclic amines) is 1. The van der Waals surface area contributed by atoms with Gasteiger partial charge >= 0.3 is 6.18 Å². The molecule has 8 nitrogen and oxygen atoms in total. The second kappa shape index (κ2) is 11.6. The number of aromatic nitrogens is 3. The van der Waals surface area contributed by atoms with Gasteiger partial charge in [-0.2, -0.15) is 13.2 Å². The lowest BCUT2D eigenvalue weighted by Crippen LogP contribution is -2.45. The number of amides is 1. The molecule has 0 bridgehead atoms. The van der Waals surface area contributed by atoms with Crippen LogP contribution in [0, 0.1) is 0 Å². The van der Waals surface area contributed by atoms with Crippen LogP contribution in [0.3, 0.4) is 0 Å². The molecule has 3 aromatic rings. The minimum atomic E-state index is -4.71. The average Bonchev–Trinajstić information content (AvgIpc) is 3.46. The third-order valence-corrected chi connectivity index (χ3v) is 7.25. The summed E-state index contributed by atoms with van der Waals surface area (Å²) in [6.45, 7) is 1.37. The van der Waals surface area contributed by atoms with E-state index >= 15 is 0 Å². The molecule has 2 atom stereocenters. The standard InChI is InChI=1S/C27H29F5N6O2/c28-26(29)8-10-38(11-9-26)22(17-13-35-25(36-14-17)27(30,31)32)16-34-24(39)20-4-1-5-21-19(20)6-7-23(37-21)33-15-18-3-2-12-40-18/h1,4-7,13-14,18,22H,2-3,8-12,15-16H2,(H,33,37)(H,34,39)/t18-,22?/m0/s1. The highest BCUT2D eigenvalue weighted by Gasteiger charge is 2.38. The number of hydrogen-bond donors (Lipinski definition) is 2. The highest BCUT2D eigenvalue weighted by atomic mass is 19.4. The largest absolute Gasteiger partial charge is 0.451 e. The van der Waals surface area contributed by atoms with Crippen molar-refractivity contribution in [3.63, 3.8) is 0 Å². The first-order chi connectivity index (χ1) is 19.1. The van der Waals surface area contributed by atoms with E-state index in [0.29, 0.717) is 34.4 Å². The molecule has 2 fully saturated rings. The summed E-state index contributed by atoms with van der Waals surface area (Å²) in [5.74, 6) is -3.87. The maximum absolute atomic E-state index is 13.8. The molecule has 1 unspecified atom stereocenters. The minimum absolute atomic E-state index is 0.00835. The predicted molar refractivity (Wildman–Crippen MR) is 137 cm³/mol. The van der Waals surface area contributed by atoms with E-state index in [1.54, 1.807) is 35.2 Å². The van der Waals surface area contributed by atoms with Gasteiger partial charge in [0, 0.05) is 74.5 Å². The topological polar surface area (TPSA) is 92.3 Å². The number of nitrogens with one attached hydrogen (secondary N) is 2. The van der Waals surface area contributed by atoms with E-state index < -0.39 is 42.7 Å². The first-order valence-electron chi connectivity index (χ1n) is 13.1. The number of carbonyl (C=O) groups excluding carboxylic acids is 1. The molecule has 5 rings (SSSR count). The second-order valence-corrected chi connectivity index (χ2v) is 10.0. The van der Waals surface area contributed by atoms with Gasteiger partial charge in [0.1, 0.15) is 5.82 Å². The van der Waals surface area contributed by atoms with Crippen LogP contribution in [0.1, 0.15) is 53.5 Å². The Kier molecular flexibility index (Phi) is 8.13. The van der Waals surface area contributed by atoms with E-state index in [1.165, 1.54) is 0 Å². The smallest absolute Gasteiger partial charge is 0.376 e. The van der Waals surface area contributed by atoms with E-state index in [2.05, 4.69) is 25.6 Å². The minimum Gasteiger partial charge on any atom is -0.376 e. The molecule has 2 aromatic heterocycles. The van der Waals surface area contributed by atoms with Crippen molar-refractivity contribution in [2.75, 3.05) is 38.1 Å². The maximum Gasteiger partial charge on any atom is 0.451 e. The lowest BCUT2D eigenvalue weighted by molar-refractivity contribution is -0.145. The summed E-state index contributed by atoms with van der Waals surface area (Å²) in [5, 5.41) is 6.71. The number of benzene rings is 1. The number of piperidine rings is 1. The zero-order chi connectivity index (χ0) is 28.3. The molecule has 214 valence electrons. The molecule has 0 radical (unpaired) electrons. The third kappa shape index (κ3) is 6.64. The molecule has 0 saturated carbocycles. The molecule has 0 spiro atoms. The number of pyridine rings is 1. The highest BCUT2D eigenvalue weighted by Crippen LogP contribution is 2.33.